The van der Waals surface area contributed by atoms with Crippen molar-refractivity contribution in [3.63, 3.8) is 0 Å². The quantitative estimate of drug-likeness (QED) is 0.615. The van der Waals surface area contributed by atoms with Crippen LogP contribution in [-0.2, 0) is 14.8 Å². The fourth-order valence-electron chi connectivity index (χ4n) is 3.41. The number of nitrogens with one attached hydrogen (secondary N) is 2. The first-order valence-corrected chi connectivity index (χ1v) is 11.4. The number of hydrogen-bond donors (Lipinski definition) is 2. The minimum absolute atomic E-state index is 0.0777. The first kappa shape index (κ1) is 22.8. The predicted octanol–water partition coefficient (Wildman–Crippen LogP) is 1.99. The molecule has 7 nitrogen and oxygen atoms in total. The van der Waals surface area contributed by atoms with Crippen LogP contribution in [-0.4, -0.2) is 63.7 Å². The molecule has 1 aliphatic heterocycles. The Kier molecular flexibility index (Phi) is 8.42. The second-order valence-electron chi connectivity index (χ2n) is 7.70. The first-order chi connectivity index (χ1) is 13.2. The minimum atomic E-state index is -3.68. The molecular formula is C20H33N3O4S. The average molecular weight is 412 g/mol. The maximum Gasteiger partial charge on any atom is 0.251 e. The van der Waals surface area contributed by atoms with Crippen molar-refractivity contribution in [2.24, 2.45) is 0 Å². The molecule has 1 atom stereocenters. The summed E-state index contributed by atoms with van der Waals surface area (Å²) < 4.78 is 33.0. The van der Waals surface area contributed by atoms with Gasteiger partial charge in [-0.1, -0.05) is 6.07 Å². The fraction of sp³-hybridized carbons (Fsp3) is 0.650. The Morgan fingerprint density at radius 2 is 1.96 bits per heavy atom. The van der Waals surface area contributed by atoms with E-state index >= 15 is 0 Å². The molecule has 2 rings (SSSR count). The molecule has 1 aromatic carbocycles. The molecule has 2 N–H and O–H groups in total. The molecule has 1 heterocycles. The van der Waals surface area contributed by atoms with Gasteiger partial charge in [0, 0.05) is 43.9 Å². The molecule has 0 saturated carbocycles. The summed E-state index contributed by atoms with van der Waals surface area (Å²) in [5, 5.41) is 2.88. The Labute approximate surface area is 168 Å². The van der Waals surface area contributed by atoms with Crippen molar-refractivity contribution in [3.8, 4) is 0 Å². The summed E-state index contributed by atoms with van der Waals surface area (Å²) in [7, 11) is -3.68. The third-order valence-electron chi connectivity index (χ3n) is 4.91. The smallest absolute Gasteiger partial charge is 0.251 e. The molecular weight excluding hydrogens is 378 g/mol. The van der Waals surface area contributed by atoms with E-state index in [0.717, 1.165) is 19.4 Å². The van der Waals surface area contributed by atoms with Crippen LogP contribution in [0.2, 0.25) is 0 Å². The number of ether oxygens (including phenoxy) is 1. The number of hydrogen-bond acceptors (Lipinski definition) is 5. The Morgan fingerprint density at radius 1 is 1.25 bits per heavy atom. The first-order valence-electron chi connectivity index (χ1n) is 9.96. The summed E-state index contributed by atoms with van der Waals surface area (Å²) in [5.74, 6) is -0.274. The summed E-state index contributed by atoms with van der Waals surface area (Å²) in [6, 6.07) is 6.89. The highest BCUT2D eigenvalue weighted by Crippen LogP contribution is 2.14. The normalized spacial score (nSPS) is 17.6. The van der Waals surface area contributed by atoms with Gasteiger partial charge in [0.25, 0.3) is 5.91 Å². The number of carbonyl (C=O) groups is 1. The number of nitrogens with zero attached hydrogens (tertiary/aromatic N) is 1. The summed E-state index contributed by atoms with van der Waals surface area (Å²) in [6.45, 7) is 10.7. The summed E-state index contributed by atoms with van der Waals surface area (Å²) >= 11 is 0. The minimum Gasteiger partial charge on any atom is -0.377 e. The van der Waals surface area contributed by atoms with Gasteiger partial charge in [-0.2, -0.15) is 0 Å². The van der Waals surface area contributed by atoms with Crippen LogP contribution < -0.4 is 10.0 Å². The van der Waals surface area contributed by atoms with Crippen molar-refractivity contribution < 1.29 is 17.9 Å². The molecule has 1 unspecified atom stereocenters. The topological polar surface area (TPSA) is 87.7 Å². The van der Waals surface area contributed by atoms with Crippen LogP contribution in [0.15, 0.2) is 29.2 Å². The third-order valence-corrected chi connectivity index (χ3v) is 6.33. The molecule has 0 aromatic heterocycles. The Bertz CT molecular complexity index is 736. The van der Waals surface area contributed by atoms with Gasteiger partial charge in [-0.05, 0) is 58.7 Å². The number of amides is 1. The lowest BCUT2D eigenvalue weighted by Crippen LogP contribution is -2.42. The Balaban J connectivity index is 1.94. The number of benzene rings is 1. The van der Waals surface area contributed by atoms with Crippen LogP contribution in [0.4, 0.5) is 0 Å². The van der Waals surface area contributed by atoms with E-state index in [0.29, 0.717) is 30.8 Å². The average Bonchev–Trinajstić information content (AvgIpc) is 3.16. The Hall–Kier alpha value is -1.48. The summed E-state index contributed by atoms with van der Waals surface area (Å²) in [5.41, 5.74) is 0.334. The molecule has 158 valence electrons. The molecule has 0 spiro atoms. The van der Waals surface area contributed by atoms with E-state index in [1.165, 1.54) is 12.1 Å². The van der Waals surface area contributed by atoms with Gasteiger partial charge < -0.3 is 10.1 Å². The molecule has 1 aromatic rings. The largest absolute Gasteiger partial charge is 0.377 e. The van der Waals surface area contributed by atoms with Crippen molar-refractivity contribution in [1.82, 2.24) is 14.9 Å². The molecule has 1 amide bonds. The van der Waals surface area contributed by atoms with Gasteiger partial charge in [0.05, 0.1) is 11.0 Å². The highest BCUT2D eigenvalue weighted by atomic mass is 32.2. The number of rotatable bonds is 10. The van der Waals surface area contributed by atoms with E-state index in [1.807, 2.05) is 0 Å². The third kappa shape index (κ3) is 6.55. The van der Waals surface area contributed by atoms with Crippen LogP contribution in [0.3, 0.4) is 0 Å². The van der Waals surface area contributed by atoms with Crippen LogP contribution >= 0.6 is 0 Å². The lowest BCUT2D eigenvalue weighted by Gasteiger charge is -2.30. The van der Waals surface area contributed by atoms with Gasteiger partial charge in [-0.25, -0.2) is 13.1 Å². The van der Waals surface area contributed by atoms with Crippen LogP contribution in [0, 0.1) is 0 Å². The predicted molar refractivity (Wildman–Crippen MR) is 110 cm³/mol. The zero-order chi connectivity index (χ0) is 20.7. The molecule has 0 aliphatic carbocycles. The SMILES string of the molecule is CC(C)N(CCNC(=O)c1cccc(S(=O)(=O)NCC2CCCO2)c1)C(C)C. The van der Waals surface area contributed by atoms with Gasteiger partial charge in [0.15, 0.2) is 0 Å². The van der Waals surface area contributed by atoms with E-state index in [4.69, 9.17) is 4.74 Å². The van der Waals surface area contributed by atoms with Crippen LogP contribution in [0.5, 0.6) is 0 Å². The second-order valence-corrected chi connectivity index (χ2v) is 9.46. The zero-order valence-corrected chi connectivity index (χ0v) is 18.1. The molecule has 1 saturated heterocycles. The monoisotopic (exact) mass is 411 g/mol. The van der Waals surface area contributed by atoms with Gasteiger partial charge in [-0.3, -0.25) is 9.69 Å². The number of carbonyl (C=O) groups excluding carboxylic acids is 1. The van der Waals surface area contributed by atoms with Gasteiger partial charge in [0.1, 0.15) is 0 Å². The van der Waals surface area contributed by atoms with Crippen LogP contribution in [0.1, 0.15) is 50.9 Å². The Morgan fingerprint density at radius 3 is 2.57 bits per heavy atom. The van der Waals surface area contributed by atoms with Crippen molar-refractivity contribution in [2.45, 2.75) is 63.6 Å². The zero-order valence-electron chi connectivity index (χ0n) is 17.3. The molecule has 8 heteroatoms. The van der Waals surface area contributed by atoms with Crippen molar-refractivity contribution >= 4 is 15.9 Å². The fourth-order valence-corrected chi connectivity index (χ4v) is 4.52. The van der Waals surface area contributed by atoms with Crippen molar-refractivity contribution in [2.75, 3.05) is 26.2 Å². The molecule has 1 aliphatic rings. The molecule has 28 heavy (non-hydrogen) atoms. The molecule has 0 radical (unpaired) electrons. The van der Waals surface area contributed by atoms with E-state index in [2.05, 4.69) is 42.6 Å². The van der Waals surface area contributed by atoms with E-state index in [1.54, 1.807) is 12.1 Å². The highest BCUT2D eigenvalue weighted by Gasteiger charge is 2.21. The van der Waals surface area contributed by atoms with E-state index in [-0.39, 0.29) is 23.5 Å². The van der Waals surface area contributed by atoms with Gasteiger partial charge in [0.2, 0.25) is 10.0 Å². The maximum atomic E-state index is 12.5. The summed E-state index contributed by atoms with van der Waals surface area (Å²) in [6.07, 6.45) is 1.73. The van der Waals surface area contributed by atoms with Crippen molar-refractivity contribution in [3.05, 3.63) is 29.8 Å². The lowest BCUT2D eigenvalue weighted by molar-refractivity contribution is 0.0939. The van der Waals surface area contributed by atoms with Crippen LogP contribution in [0.25, 0.3) is 0 Å². The van der Waals surface area contributed by atoms with E-state index in [9.17, 15) is 13.2 Å². The van der Waals surface area contributed by atoms with E-state index < -0.39 is 10.0 Å². The molecule has 0 bridgehead atoms. The maximum absolute atomic E-state index is 12.5. The lowest BCUT2D eigenvalue weighted by atomic mass is 10.2. The summed E-state index contributed by atoms with van der Waals surface area (Å²) in [4.78, 5) is 14.8. The van der Waals surface area contributed by atoms with Gasteiger partial charge in [-0.15, -0.1) is 0 Å². The van der Waals surface area contributed by atoms with Crippen molar-refractivity contribution in [1.29, 1.82) is 0 Å². The number of sulfonamides is 1. The highest BCUT2D eigenvalue weighted by molar-refractivity contribution is 7.89. The second kappa shape index (κ2) is 10.3. The standard InChI is InChI=1S/C20H33N3O4S/c1-15(2)23(16(3)4)11-10-21-20(24)17-7-5-9-19(13-17)28(25,26)22-14-18-8-6-12-27-18/h5,7,9,13,15-16,18,22H,6,8,10-12,14H2,1-4H3,(H,21,24). The van der Waals surface area contributed by atoms with Gasteiger partial charge >= 0.3 is 0 Å². The molecule has 1 fully saturated rings.